The highest BCUT2D eigenvalue weighted by atomic mass is 16.7. The van der Waals surface area contributed by atoms with Gasteiger partial charge in [-0.25, -0.2) is 0 Å². The molecule has 1 N–H and O–H groups in total. The molecule has 0 amide bonds. The highest BCUT2D eigenvalue weighted by molar-refractivity contribution is 6.62. The van der Waals surface area contributed by atoms with Gasteiger partial charge in [-0.2, -0.15) is 0 Å². The van der Waals surface area contributed by atoms with E-state index < -0.39 is 7.12 Å². The lowest BCUT2D eigenvalue weighted by Crippen LogP contribution is -2.41. The maximum Gasteiger partial charge on any atom is 0.585 e. The van der Waals surface area contributed by atoms with Crippen LogP contribution in [0.1, 0.15) is 0 Å². The fourth-order valence-electron chi connectivity index (χ4n) is 3.73. The number of benzene rings is 5. The van der Waals surface area contributed by atoms with E-state index in [1.165, 1.54) is 11.1 Å². The van der Waals surface area contributed by atoms with Crippen molar-refractivity contribution >= 4 is 18.3 Å². The molecule has 0 spiro atoms. The SMILES string of the molecule is c1ccc(NOB(Oc2ccc(-c3ccccc3)cc2)c2ccc(-c3ccccc3)cc2)cc1. The minimum atomic E-state index is -0.632. The Morgan fingerprint density at radius 3 is 1.41 bits per heavy atom. The normalized spacial score (nSPS) is 10.5. The summed E-state index contributed by atoms with van der Waals surface area (Å²) in [6.07, 6.45) is 0. The molecular formula is C30H24BNO2. The Kier molecular flexibility index (Phi) is 6.70. The number of hydrogen-bond donors (Lipinski definition) is 1. The maximum atomic E-state index is 6.27. The Morgan fingerprint density at radius 2 is 0.882 bits per heavy atom. The number of anilines is 1. The molecule has 4 heteroatoms. The van der Waals surface area contributed by atoms with Crippen molar-refractivity contribution in [1.29, 1.82) is 0 Å². The molecule has 34 heavy (non-hydrogen) atoms. The van der Waals surface area contributed by atoms with Crippen molar-refractivity contribution in [2.45, 2.75) is 0 Å². The molecule has 5 aromatic carbocycles. The van der Waals surface area contributed by atoms with Crippen molar-refractivity contribution in [3.8, 4) is 28.0 Å². The Bertz CT molecular complexity index is 1290. The Labute approximate surface area is 200 Å². The van der Waals surface area contributed by atoms with Crippen LogP contribution in [0.3, 0.4) is 0 Å². The number of para-hydroxylation sites is 1. The van der Waals surface area contributed by atoms with E-state index in [9.17, 15) is 0 Å². The zero-order chi connectivity index (χ0) is 23.0. The van der Waals surface area contributed by atoms with Gasteiger partial charge in [-0.3, -0.25) is 10.2 Å². The maximum absolute atomic E-state index is 6.27. The van der Waals surface area contributed by atoms with Crippen LogP contribution in [0.15, 0.2) is 140 Å². The van der Waals surface area contributed by atoms with Crippen molar-refractivity contribution in [3.63, 3.8) is 0 Å². The van der Waals surface area contributed by atoms with Crippen LogP contribution < -0.4 is 15.6 Å². The van der Waals surface area contributed by atoms with Crippen LogP contribution in [-0.4, -0.2) is 7.12 Å². The summed E-state index contributed by atoms with van der Waals surface area (Å²) in [7, 11) is -0.632. The van der Waals surface area contributed by atoms with Crippen LogP contribution in [0.2, 0.25) is 0 Å². The predicted molar refractivity (Wildman–Crippen MR) is 141 cm³/mol. The van der Waals surface area contributed by atoms with E-state index in [-0.39, 0.29) is 0 Å². The summed E-state index contributed by atoms with van der Waals surface area (Å²) in [5.41, 5.74) is 9.42. The van der Waals surface area contributed by atoms with Gasteiger partial charge in [0, 0.05) is 0 Å². The lowest BCUT2D eigenvalue weighted by Gasteiger charge is -2.17. The average molecular weight is 441 g/mol. The topological polar surface area (TPSA) is 30.5 Å². The molecule has 164 valence electrons. The third-order valence-electron chi connectivity index (χ3n) is 5.55. The Hall–Kier alpha value is -4.28. The van der Waals surface area contributed by atoms with Gasteiger partial charge in [0.15, 0.2) is 0 Å². The molecule has 5 rings (SSSR count). The van der Waals surface area contributed by atoms with Gasteiger partial charge in [-0.15, -0.1) is 0 Å². The molecule has 0 unspecified atom stereocenters. The molecular weight excluding hydrogens is 417 g/mol. The Balaban J connectivity index is 1.36. The molecule has 0 bridgehead atoms. The second kappa shape index (κ2) is 10.6. The van der Waals surface area contributed by atoms with Crippen LogP contribution >= 0.6 is 0 Å². The van der Waals surface area contributed by atoms with Gasteiger partial charge in [0.2, 0.25) is 0 Å². The van der Waals surface area contributed by atoms with Gasteiger partial charge >= 0.3 is 7.12 Å². The first-order valence-corrected chi connectivity index (χ1v) is 11.3. The summed E-state index contributed by atoms with van der Waals surface area (Å²) in [6, 6.07) is 46.7. The second-order valence-electron chi connectivity index (χ2n) is 7.91. The summed E-state index contributed by atoms with van der Waals surface area (Å²) < 4.78 is 12.3. The van der Waals surface area contributed by atoms with Gasteiger partial charge in [0.25, 0.3) is 0 Å². The summed E-state index contributed by atoms with van der Waals surface area (Å²) >= 11 is 0. The predicted octanol–water partition coefficient (Wildman–Crippen LogP) is 6.84. The van der Waals surface area contributed by atoms with Crippen molar-refractivity contribution in [3.05, 3.63) is 140 Å². The van der Waals surface area contributed by atoms with Crippen molar-refractivity contribution in [1.82, 2.24) is 0 Å². The first-order valence-electron chi connectivity index (χ1n) is 11.3. The lowest BCUT2D eigenvalue weighted by molar-refractivity contribution is 0.342. The van der Waals surface area contributed by atoms with Crippen LogP contribution in [-0.2, 0) is 4.76 Å². The van der Waals surface area contributed by atoms with Crippen LogP contribution in [0, 0.1) is 0 Å². The largest absolute Gasteiger partial charge is 0.585 e. The number of rotatable bonds is 8. The van der Waals surface area contributed by atoms with E-state index in [2.05, 4.69) is 54.0 Å². The summed E-state index contributed by atoms with van der Waals surface area (Å²) in [4.78, 5) is 0. The van der Waals surface area contributed by atoms with Gasteiger partial charge < -0.3 is 4.65 Å². The van der Waals surface area contributed by atoms with Crippen molar-refractivity contribution in [2.24, 2.45) is 0 Å². The molecule has 0 radical (unpaired) electrons. The molecule has 0 saturated heterocycles. The van der Waals surface area contributed by atoms with E-state index in [1.54, 1.807) is 0 Å². The van der Waals surface area contributed by atoms with Crippen LogP contribution in [0.5, 0.6) is 5.75 Å². The molecule has 3 nitrogen and oxygen atoms in total. The summed E-state index contributed by atoms with van der Waals surface area (Å²) in [5.74, 6) is 0.728. The monoisotopic (exact) mass is 441 g/mol. The van der Waals surface area contributed by atoms with Crippen molar-refractivity contribution in [2.75, 3.05) is 5.48 Å². The van der Waals surface area contributed by atoms with E-state index in [0.29, 0.717) is 0 Å². The van der Waals surface area contributed by atoms with Gasteiger partial charge in [-0.1, -0.05) is 115 Å². The van der Waals surface area contributed by atoms with Gasteiger partial charge in [0.1, 0.15) is 5.75 Å². The van der Waals surface area contributed by atoms with Crippen molar-refractivity contribution < 1.29 is 9.41 Å². The van der Waals surface area contributed by atoms with Gasteiger partial charge in [-0.05, 0) is 52.0 Å². The smallest absolute Gasteiger partial charge is 0.531 e. The second-order valence-corrected chi connectivity index (χ2v) is 7.91. The van der Waals surface area contributed by atoms with E-state index in [1.807, 2.05) is 91.0 Å². The highest BCUT2D eigenvalue weighted by Crippen LogP contribution is 2.23. The van der Waals surface area contributed by atoms with E-state index in [4.69, 9.17) is 9.41 Å². The lowest BCUT2D eigenvalue weighted by atomic mass is 9.78. The standard InChI is InChI=1S/C30H24BNO2/c1-4-10-24(11-5-1)26-16-20-28(21-17-26)31(34-32-29-14-8-3-9-15-29)33-30-22-18-27(19-23-30)25-12-6-2-7-13-25/h1-23,32H. The molecule has 0 aliphatic rings. The molecule has 5 aromatic rings. The minimum Gasteiger partial charge on any atom is -0.531 e. The zero-order valence-corrected chi connectivity index (χ0v) is 18.7. The zero-order valence-electron chi connectivity index (χ0n) is 18.7. The molecule has 0 fully saturated rings. The highest BCUT2D eigenvalue weighted by Gasteiger charge is 2.25. The van der Waals surface area contributed by atoms with Crippen LogP contribution in [0.25, 0.3) is 22.3 Å². The first-order chi connectivity index (χ1) is 16.8. The first kappa shape index (κ1) is 21.6. The van der Waals surface area contributed by atoms with E-state index >= 15 is 0 Å². The number of hydrogen-bond acceptors (Lipinski definition) is 3. The third-order valence-corrected chi connectivity index (χ3v) is 5.55. The third kappa shape index (κ3) is 5.37. The van der Waals surface area contributed by atoms with E-state index in [0.717, 1.165) is 28.0 Å². The minimum absolute atomic E-state index is 0.632. The fraction of sp³-hybridized carbons (Fsp3) is 0. The molecule has 0 aliphatic heterocycles. The fourth-order valence-corrected chi connectivity index (χ4v) is 3.73. The molecule has 0 aromatic heterocycles. The van der Waals surface area contributed by atoms with Gasteiger partial charge in [0.05, 0.1) is 5.69 Å². The molecule has 0 heterocycles. The number of nitrogens with one attached hydrogen (secondary N) is 1. The Morgan fingerprint density at radius 1 is 0.441 bits per heavy atom. The average Bonchev–Trinajstić information content (AvgIpc) is 2.93. The molecule has 0 aliphatic carbocycles. The van der Waals surface area contributed by atoms with Crippen LogP contribution in [0.4, 0.5) is 5.69 Å². The quantitative estimate of drug-likeness (QED) is 0.211. The summed E-state index contributed by atoms with van der Waals surface area (Å²) in [5, 5.41) is 0. The molecule has 0 saturated carbocycles. The summed E-state index contributed by atoms with van der Waals surface area (Å²) in [6.45, 7) is 0. The molecule has 0 atom stereocenters.